The number of hydrogen-bond acceptors (Lipinski definition) is 5. The lowest BCUT2D eigenvalue weighted by atomic mass is 10.1. The number of nitrogens with two attached hydrogens (primary N) is 1. The fourth-order valence-corrected chi connectivity index (χ4v) is 1.64. The van der Waals surface area contributed by atoms with Gasteiger partial charge in [0.1, 0.15) is 0 Å². The van der Waals surface area contributed by atoms with E-state index in [1.807, 2.05) is 13.8 Å². The van der Waals surface area contributed by atoms with Crippen LogP contribution in [0.25, 0.3) is 5.69 Å². The highest BCUT2D eigenvalue weighted by Crippen LogP contribution is 2.21. The summed E-state index contributed by atoms with van der Waals surface area (Å²) in [5, 5.41) is 20.5. The summed E-state index contributed by atoms with van der Waals surface area (Å²) in [6, 6.07) is 4.61. The molecule has 0 amide bonds. The van der Waals surface area contributed by atoms with Gasteiger partial charge in [0.25, 0.3) is 0 Å². The first-order valence-corrected chi connectivity index (χ1v) is 5.42. The number of anilines is 1. The van der Waals surface area contributed by atoms with Crippen molar-refractivity contribution < 1.29 is 9.90 Å². The highest BCUT2D eigenvalue weighted by Gasteiger charge is 2.18. The van der Waals surface area contributed by atoms with E-state index < -0.39 is 5.97 Å². The Morgan fingerprint density at radius 2 is 2.17 bits per heavy atom. The monoisotopic (exact) mass is 247 g/mol. The number of carbonyl (C=O) groups is 1. The standard InChI is InChI=1S/C11H13N5O2/c1-6(2)10-13-14-15-16(10)9-4-3-7(12)5-8(9)11(17)18/h3-6H,12H2,1-2H3,(H,17,18). The Labute approximate surface area is 103 Å². The summed E-state index contributed by atoms with van der Waals surface area (Å²) in [6.45, 7) is 3.86. The summed E-state index contributed by atoms with van der Waals surface area (Å²) in [7, 11) is 0. The molecule has 0 atom stereocenters. The molecule has 0 aliphatic rings. The molecule has 0 radical (unpaired) electrons. The molecule has 0 unspecified atom stereocenters. The van der Waals surface area contributed by atoms with Gasteiger partial charge in [0, 0.05) is 11.6 Å². The van der Waals surface area contributed by atoms with E-state index in [9.17, 15) is 9.90 Å². The molecule has 7 nitrogen and oxygen atoms in total. The lowest BCUT2D eigenvalue weighted by Gasteiger charge is -2.10. The van der Waals surface area contributed by atoms with Crippen molar-refractivity contribution in [1.82, 2.24) is 20.2 Å². The van der Waals surface area contributed by atoms with E-state index in [0.29, 0.717) is 17.2 Å². The summed E-state index contributed by atoms with van der Waals surface area (Å²) in [5.41, 5.74) is 6.46. The molecule has 2 rings (SSSR count). The Kier molecular flexibility index (Phi) is 2.97. The van der Waals surface area contributed by atoms with Crippen LogP contribution in [0, 0.1) is 0 Å². The minimum absolute atomic E-state index is 0.0733. The first kappa shape index (κ1) is 12.0. The summed E-state index contributed by atoms with van der Waals surface area (Å²) in [4.78, 5) is 11.2. The lowest BCUT2D eigenvalue weighted by molar-refractivity contribution is 0.0696. The normalized spacial score (nSPS) is 10.8. The number of nitrogen functional groups attached to an aromatic ring is 1. The van der Waals surface area contributed by atoms with Crippen molar-refractivity contribution in [3.05, 3.63) is 29.6 Å². The van der Waals surface area contributed by atoms with Gasteiger partial charge < -0.3 is 10.8 Å². The van der Waals surface area contributed by atoms with Gasteiger partial charge in [-0.1, -0.05) is 13.8 Å². The van der Waals surface area contributed by atoms with Crippen molar-refractivity contribution in [3.63, 3.8) is 0 Å². The van der Waals surface area contributed by atoms with E-state index in [4.69, 9.17) is 5.73 Å². The molecule has 18 heavy (non-hydrogen) atoms. The van der Waals surface area contributed by atoms with Gasteiger partial charge in [-0.15, -0.1) is 5.10 Å². The second-order valence-corrected chi connectivity index (χ2v) is 4.19. The third-order valence-corrected chi connectivity index (χ3v) is 2.49. The largest absolute Gasteiger partial charge is 0.478 e. The van der Waals surface area contributed by atoms with Crippen LogP contribution in [0.3, 0.4) is 0 Å². The number of hydrogen-bond donors (Lipinski definition) is 2. The predicted molar refractivity (Wildman–Crippen MR) is 64.6 cm³/mol. The van der Waals surface area contributed by atoms with Crippen LogP contribution in [0.1, 0.15) is 35.9 Å². The summed E-state index contributed by atoms with van der Waals surface area (Å²) in [5.74, 6) is -0.385. The fraction of sp³-hybridized carbons (Fsp3) is 0.273. The zero-order valence-electron chi connectivity index (χ0n) is 10.0. The molecular weight excluding hydrogens is 234 g/mol. The molecule has 1 heterocycles. The quantitative estimate of drug-likeness (QED) is 0.785. The summed E-state index contributed by atoms with van der Waals surface area (Å²) >= 11 is 0. The predicted octanol–water partition coefficient (Wildman–Crippen LogP) is 1.07. The Morgan fingerprint density at radius 1 is 1.44 bits per heavy atom. The Hall–Kier alpha value is -2.44. The molecule has 0 aliphatic heterocycles. The zero-order chi connectivity index (χ0) is 13.3. The highest BCUT2D eigenvalue weighted by atomic mass is 16.4. The van der Waals surface area contributed by atoms with E-state index in [-0.39, 0.29) is 11.5 Å². The summed E-state index contributed by atoms with van der Waals surface area (Å²) in [6.07, 6.45) is 0. The van der Waals surface area contributed by atoms with Crippen LogP contribution in [0.5, 0.6) is 0 Å². The number of carboxylic acid groups (broad SMARTS) is 1. The molecule has 0 bridgehead atoms. The molecule has 1 aromatic heterocycles. The fourth-order valence-electron chi connectivity index (χ4n) is 1.64. The van der Waals surface area contributed by atoms with Crippen molar-refractivity contribution >= 4 is 11.7 Å². The number of nitrogens with zero attached hydrogens (tertiary/aromatic N) is 4. The van der Waals surface area contributed by atoms with Crippen LogP contribution in [-0.4, -0.2) is 31.3 Å². The molecule has 1 aromatic carbocycles. The van der Waals surface area contributed by atoms with Crippen molar-refractivity contribution in [3.8, 4) is 5.69 Å². The van der Waals surface area contributed by atoms with Crippen molar-refractivity contribution in [2.75, 3.05) is 5.73 Å². The molecule has 0 spiro atoms. The lowest BCUT2D eigenvalue weighted by Crippen LogP contribution is -2.11. The Morgan fingerprint density at radius 3 is 2.78 bits per heavy atom. The molecule has 94 valence electrons. The van der Waals surface area contributed by atoms with Crippen LogP contribution in [0.2, 0.25) is 0 Å². The topological polar surface area (TPSA) is 107 Å². The molecular formula is C11H13N5O2. The van der Waals surface area contributed by atoms with Crippen LogP contribution in [0.4, 0.5) is 5.69 Å². The third kappa shape index (κ3) is 2.02. The van der Waals surface area contributed by atoms with E-state index in [0.717, 1.165) is 0 Å². The Bertz CT molecular complexity index is 591. The maximum Gasteiger partial charge on any atom is 0.337 e. The molecule has 0 saturated heterocycles. The second-order valence-electron chi connectivity index (χ2n) is 4.19. The van der Waals surface area contributed by atoms with Crippen molar-refractivity contribution in [1.29, 1.82) is 0 Å². The van der Waals surface area contributed by atoms with E-state index in [1.165, 1.54) is 10.7 Å². The number of aromatic carboxylic acids is 1. The SMILES string of the molecule is CC(C)c1nnnn1-c1ccc(N)cc1C(=O)O. The third-order valence-electron chi connectivity index (χ3n) is 2.49. The number of rotatable bonds is 3. The van der Waals surface area contributed by atoms with Gasteiger partial charge in [-0.05, 0) is 28.6 Å². The van der Waals surface area contributed by atoms with Gasteiger partial charge >= 0.3 is 5.97 Å². The van der Waals surface area contributed by atoms with Crippen LogP contribution in [0.15, 0.2) is 18.2 Å². The minimum Gasteiger partial charge on any atom is -0.478 e. The highest BCUT2D eigenvalue weighted by molar-refractivity contribution is 5.93. The number of aromatic nitrogens is 4. The molecule has 2 aromatic rings. The number of benzene rings is 1. The molecule has 7 heteroatoms. The van der Waals surface area contributed by atoms with Gasteiger partial charge in [0.05, 0.1) is 11.3 Å². The summed E-state index contributed by atoms with van der Waals surface area (Å²) < 4.78 is 1.42. The van der Waals surface area contributed by atoms with Gasteiger partial charge in [-0.3, -0.25) is 0 Å². The Balaban J connectivity index is 2.63. The van der Waals surface area contributed by atoms with E-state index >= 15 is 0 Å². The van der Waals surface area contributed by atoms with Crippen molar-refractivity contribution in [2.45, 2.75) is 19.8 Å². The van der Waals surface area contributed by atoms with Gasteiger partial charge in [-0.25, -0.2) is 4.79 Å². The number of tetrazole rings is 1. The van der Waals surface area contributed by atoms with E-state index in [2.05, 4.69) is 15.5 Å². The smallest absolute Gasteiger partial charge is 0.337 e. The van der Waals surface area contributed by atoms with Crippen LogP contribution < -0.4 is 5.73 Å². The molecule has 0 saturated carbocycles. The second kappa shape index (κ2) is 4.44. The van der Waals surface area contributed by atoms with Gasteiger partial charge in [0.15, 0.2) is 5.82 Å². The minimum atomic E-state index is -1.07. The maximum absolute atomic E-state index is 11.2. The van der Waals surface area contributed by atoms with Crippen molar-refractivity contribution in [2.24, 2.45) is 0 Å². The van der Waals surface area contributed by atoms with E-state index in [1.54, 1.807) is 12.1 Å². The first-order valence-electron chi connectivity index (χ1n) is 5.42. The van der Waals surface area contributed by atoms with Gasteiger partial charge in [0.2, 0.25) is 0 Å². The van der Waals surface area contributed by atoms with Crippen LogP contribution >= 0.6 is 0 Å². The van der Waals surface area contributed by atoms with Crippen LogP contribution in [-0.2, 0) is 0 Å². The van der Waals surface area contributed by atoms with Gasteiger partial charge in [-0.2, -0.15) is 4.68 Å². The average molecular weight is 247 g/mol. The average Bonchev–Trinajstić information content (AvgIpc) is 2.77. The first-order chi connectivity index (χ1) is 8.50. The molecule has 0 fully saturated rings. The molecule has 3 N–H and O–H groups in total. The number of carboxylic acids is 1. The maximum atomic E-state index is 11.2. The molecule has 0 aliphatic carbocycles. The zero-order valence-corrected chi connectivity index (χ0v) is 10.0.